The molecule has 4 aromatic rings. The summed E-state index contributed by atoms with van der Waals surface area (Å²) in [6.45, 7) is 3.04. The average molecular weight is 443 g/mol. The van der Waals surface area contributed by atoms with Crippen molar-refractivity contribution in [3.63, 3.8) is 0 Å². The molecule has 4 nitrogen and oxygen atoms in total. The van der Waals surface area contributed by atoms with E-state index in [9.17, 15) is 4.79 Å². The lowest BCUT2D eigenvalue weighted by molar-refractivity contribution is 0.240. The van der Waals surface area contributed by atoms with E-state index in [1.54, 1.807) is 17.4 Å². The van der Waals surface area contributed by atoms with Crippen molar-refractivity contribution in [2.24, 2.45) is 0 Å². The van der Waals surface area contributed by atoms with Crippen molar-refractivity contribution < 1.29 is 4.42 Å². The van der Waals surface area contributed by atoms with Crippen molar-refractivity contribution in [1.82, 2.24) is 4.90 Å². The molecule has 2 aromatic heterocycles. The Hall–Kier alpha value is -3.15. The van der Waals surface area contributed by atoms with E-state index < -0.39 is 0 Å². The minimum Gasteiger partial charge on any atom is -0.423 e. The highest BCUT2D eigenvalue weighted by Gasteiger charge is 2.19. The molecule has 1 N–H and O–H groups in total. The van der Waals surface area contributed by atoms with Crippen LogP contribution in [0.25, 0.3) is 28.2 Å². The summed E-state index contributed by atoms with van der Waals surface area (Å²) < 4.78 is 5.45. The third-order valence-electron chi connectivity index (χ3n) is 6.02. The summed E-state index contributed by atoms with van der Waals surface area (Å²) in [7, 11) is 0. The van der Waals surface area contributed by atoms with Gasteiger partial charge in [-0.3, -0.25) is 4.90 Å². The molecule has 1 saturated heterocycles. The van der Waals surface area contributed by atoms with Crippen molar-refractivity contribution in [2.45, 2.75) is 18.9 Å². The molecular weight excluding hydrogens is 416 g/mol. The minimum atomic E-state index is -0.313. The zero-order valence-electron chi connectivity index (χ0n) is 17.9. The van der Waals surface area contributed by atoms with Crippen LogP contribution in [0, 0.1) is 0 Å². The highest BCUT2D eigenvalue weighted by Crippen LogP contribution is 2.30. The fourth-order valence-corrected chi connectivity index (χ4v) is 4.94. The van der Waals surface area contributed by atoms with E-state index in [-0.39, 0.29) is 5.63 Å². The number of fused-ring (bicyclic) bond motifs is 1. The maximum Gasteiger partial charge on any atom is 0.338 e. The van der Waals surface area contributed by atoms with Crippen LogP contribution in [0.3, 0.4) is 0 Å². The molecule has 2 aromatic carbocycles. The van der Waals surface area contributed by atoms with E-state index in [0.29, 0.717) is 11.6 Å². The van der Waals surface area contributed by atoms with Crippen LogP contribution in [0.15, 0.2) is 86.7 Å². The maximum absolute atomic E-state index is 12.1. The van der Waals surface area contributed by atoms with Crippen LogP contribution in [-0.2, 0) is 0 Å². The number of nitrogens with zero attached hydrogens (tertiary/aromatic N) is 1. The lowest BCUT2D eigenvalue weighted by Gasteiger charge is -2.32. The fraction of sp³-hybridized carbons (Fsp3) is 0.222. The van der Waals surface area contributed by atoms with Gasteiger partial charge in [-0.2, -0.15) is 11.3 Å². The Balaban J connectivity index is 1.25. The molecule has 0 spiro atoms. The molecule has 0 amide bonds. The molecule has 1 fully saturated rings. The number of rotatable bonds is 6. The van der Waals surface area contributed by atoms with E-state index in [2.05, 4.69) is 69.5 Å². The highest BCUT2D eigenvalue weighted by atomic mass is 32.1. The first-order chi connectivity index (χ1) is 15.7. The lowest BCUT2D eigenvalue weighted by Crippen LogP contribution is -2.39. The zero-order chi connectivity index (χ0) is 21.8. The van der Waals surface area contributed by atoms with Crippen molar-refractivity contribution in [2.75, 3.05) is 25.0 Å². The van der Waals surface area contributed by atoms with Gasteiger partial charge in [0.05, 0.1) is 5.69 Å². The molecule has 1 aliphatic heterocycles. The van der Waals surface area contributed by atoms with Crippen molar-refractivity contribution in [1.29, 1.82) is 0 Å². The van der Waals surface area contributed by atoms with Gasteiger partial charge < -0.3 is 9.73 Å². The van der Waals surface area contributed by atoms with Crippen LogP contribution in [0.5, 0.6) is 0 Å². The summed E-state index contributed by atoms with van der Waals surface area (Å²) in [6, 6.07) is 20.5. The molecular formula is C27H26N2O2S. The number of hydrogen-bond donors (Lipinski definition) is 1. The monoisotopic (exact) mass is 442 g/mol. The Labute approximate surface area is 191 Å². The smallest absolute Gasteiger partial charge is 0.338 e. The third-order valence-corrected chi connectivity index (χ3v) is 6.70. The van der Waals surface area contributed by atoms with Gasteiger partial charge in [0.1, 0.15) is 5.58 Å². The molecule has 5 rings (SSSR count). The number of anilines is 1. The predicted molar refractivity (Wildman–Crippen MR) is 134 cm³/mol. The van der Waals surface area contributed by atoms with Crippen LogP contribution in [-0.4, -0.2) is 30.6 Å². The summed E-state index contributed by atoms with van der Waals surface area (Å²) in [5.41, 5.74) is 4.74. The Morgan fingerprint density at radius 2 is 1.88 bits per heavy atom. The molecule has 162 valence electrons. The summed E-state index contributed by atoms with van der Waals surface area (Å²) in [5.74, 6) is 0. The lowest BCUT2D eigenvalue weighted by atomic mass is 10.0. The van der Waals surface area contributed by atoms with E-state index in [4.69, 9.17) is 4.42 Å². The number of piperidine rings is 1. The number of thiophene rings is 1. The Morgan fingerprint density at radius 1 is 1.03 bits per heavy atom. The minimum absolute atomic E-state index is 0.313. The third kappa shape index (κ3) is 4.85. The first-order valence-electron chi connectivity index (χ1n) is 11.1. The van der Waals surface area contributed by atoms with Gasteiger partial charge in [-0.15, -0.1) is 0 Å². The van der Waals surface area contributed by atoms with Crippen LogP contribution in [0.4, 0.5) is 5.69 Å². The summed E-state index contributed by atoms with van der Waals surface area (Å²) in [5, 5.41) is 8.81. The maximum atomic E-state index is 12.1. The normalized spacial score (nSPS) is 15.5. The first kappa shape index (κ1) is 20.7. The van der Waals surface area contributed by atoms with Gasteiger partial charge in [-0.05, 0) is 58.5 Å². The average Bonchev–Trinajstić information content (AvgIpc) is 3.36. The largest absolute Gasteiger partial charge is 0.423 e. The van der Waals surface area contributed by atoms with Gasteiger partial charge in [0.2, 0.25) is 0 Å². The standard InChI is InChI=1S/C27H26N2O2S/c30-27-18-25(24-17-21(8-9-26(24)31-27)22-12-16-32-19-22)28-23-10-14-29(15-11-23)13-4-7-20-5-2-1-3-6-20/h1-9,12,16-19,23,28H,10-11,13-15H2/b7-4+. The first-order valence-corrected chi connectivity index (χ1v) is 12.0. The van der Waals surface area contributed by atoms with Crippen LogP contribution >= 0.6 is 11.3 Å². The Bertz CT molecular complexity index is 1250. The molecule has 32 heavy (non-hydrogen) atoms. The second-order valence-electron chi connectivity index (χ2n) is 8.23. The Morgan fingerprint density at radius 3 is 2.66 bits per heavy atom. The molecule has 0 saturated carbocycles. The van der Waals surface area contributed by atoms with Gasteiger partial charge in [0, 0.05) is 37.1 Å². The SMILES string of the molecule is O=c1cc(NC2CCN(C/C=C/c3ccccc3)CC2)c2cc(-c3ccsc3)ccc2o1. The molecule has 3 heterocycles. The Kier molecular flexibility index (Phi) is 6.19. The molecule has 1 aliphatic rings. The summed E-state index contributed by atoms with van der Waals surface area (Å²) in [4.78, 5) is 14.6. The molecule has 0 unspecified atom stereocenters. The second-order valence-corrected chi connectivity index (χ2v) is 9.01. The fourth-order valence-electron chi connectivity index (χ4n) is 4.27. The number of benzene rings is 2. The van der Waals surface area contributed by atoms with Gasteiger partial charge in [0.25, 0.3) is 0 Å². The van der Waals surface area contributed by atoms with Crippen LogP contribution in [0.2, 0.25) is 0 Å². The van der Waals surface area contributed by atoms with E-state index in [1.807, 2.05) is 18.2 Å². The van der Waals surface area contributed by atoms with Crippen molar-refractivity contribution in [3.8, 4) is 11.1 Å². The molecule has 0 atom stereocenters. The molecule has 0 aliphatic carbocycles. The molecule has 0 radical (unpaired) electrons. The highest BCUT2D eigenvalue weighted by molar-refractivity contribution is 7.08. The van der Waals surface area contributed by atoms with Crippen molar-refractivity contribution in [3.05, 3.63) is 93.5 Å². The quantitative estimate of drug-likeness (QED) is 0.366. The predicted octanol–water partition coefficient (Wildman–Crippen LogP) is 6.11. The number of hydrogen-bond acceptors (Lipinski definition) is 5. The van der Waals surface area contributed by atoms with Crippen molar-refractivity contribution >= 4 is 34.1 Å². The van der Waals surface area contributed by atoms with E-state index in [1.165, 1.54) is 11.1 Å². The number of nitrogens with one attached hydrogen (secondary N) is 1. The summed E-state index contributed by atoms with van der Waals surface area (Å²) in [6.07, 6.45) is 6.52. The van der Waals surface area contributed by atoms with Gasteiger partial charge in [0.15, 0.2) is 0 Å². The number of likely N-dealkylation sites (tertiary alicyclic amines) is 1. The topological polar surface area (TPSA) is 45.5 Å². The molecule has 5 heteroatoms. The van der Waals surface area contributed by atoms with E-state index in [0.717, 1.165) is 49.1 Å². The van der Waals surface area contributed by atoms with Gasteiger partial charge >= 0.3 is 5.63 Å². The van der Waals surface area contributed by atoms with Gasteiger partial charge in [-0.1, -0.05) is 48.6 Å². The van der Waals surface area contributed by atoms with E-state index >= 15 is 0 Å². The summed E-state index contributed by atoms with van der Waals surface area (Å²) >= 11 is 1.68. The zero-order valence-corrected chi connectivity index (χ0v) is 18.7. The van der Waals surface area contributed by atoms with Crippen LogP contribution < -0.4 is 10.9 Å². The molecule has 0 bridgehead atoms. The van der Waals surface area contributed by atoms with Crippen LogP contribution in [0.1, 0.15) is 18.4 Å². The second kappa shape index (κ2) is 9.55. The van der Waals surface area contributed by atoms with Gasteiger partial charge in [-0.25, -0.2) is 4.79 Å².